The van der Waals surface area contributed by atoms with Crippen molar-refractivity contribution in [2.45, 2.75) is 83.7 Å². The molecule has 0 radical (unpaired) electrons. The van der Waals surface area contributed by atoms with Crippen LogP contribution in [0, 0.1) is 0 Å². The van der Waals surface area contributed by atoms with Gasteiger partial charge in [-0.3, -0.25) is 0 Å². The summed E-state index contributed by atoms with van der Waals surface area (Å²) in [5, 5.41) is 0. The number of esters is 1. The molecule has 0 saturated carbocycles. The second kappa shape index (κ2) is 10.6. The lowest BCUT2D eigenvalue weighted by Crippen LogP contribution is -2.19. The first-order valence-corrected chi connectivity index (χ1v) is 10.0. The fraction of sp³-hybridized carbons (Fsp3) is 0.682. The van der Waals surface area contributed by atoms with Gasteiger partial charge in [0.2, 0.25) is 0 Å². The zero-order valence-electron chi connectivity index (χ0n) is 16.0. The Balaban J connectivity index is 1.65. The standard InChI is InChI=1S/C22H34O3/c1-3-4-5-6-7-8-9-10-11-14-19-15-12-13-16-20(19)21(23)24-17-22(2)18-25-22/h12-13,15-16H,3-11,14,17-18H2,1-2H3. The van der Waals surface area contributed by atoms with Crippen LogP contribution in [-0.2, 0) is 15.9 Å². The van der Waals surface area contributed by atoms with Crippen molar-refractivity contribution < 1.29 is 14.3 Å². The van der Waals surface area contributed by atoms with Gasteiger partial charge in [-0.25, -0.2) is 4.79 Å². The summed E-state index contributed by atoms with van der Waals surface area (Å²) in [6.45, 7) is 5.25. The molecule has 1 aromatic carbocycles. The summed E-state index contributed by atoms with van der Waals surface area (Å²) in [6.07, 6.45) is 12.8. The van der Waals surface area contributed by atoms with Gasteiger partial charge in [0.1, 0.15) is 12.2 Å². The van der Waals surface area contributed by atoms with Gasteiger partial charge in [-0.1, -0.05) is 76.5 Å². The van der Waals surface area contributed by atoms with Crippen LogP contribution in [0.3, 0.4) is 0 Å². The minimum atomic E-state index is -0.248. The Morgan fingerprint density at radius 3 is 2.28 bits per heavy atom. The van der Waals surface area contributed by atoms with E-state index in [0.717, 1.165) is 18.4 Å². The van der Waals surface area contributed by atoms with E-state index in [2.05, 4.69) is 13.0 Å². The molecule has 1 atom stereocenters. The van der Waals surface area contributed by atoms with Crippen molar-refractivity contribution in [3.05, 3.63) is 35.4 Å². The molecule has 0 aliphatic carbocycles. The molecule has 0 bridgehead atoms. The van der Waals surface area contributed by atoms with Crippen molar-refractivity contribution in [1.82, 2.24) is 0 Å². The molecule has 0 spiro atoms. The Labute approximate surface area is 153 Å². The average Bonchev–Trinajstić information content (AvgIpc) is 3.36. The summed E-state index contributed by atoms with van der Waals surface area (Å²) >= 11 is 0. The number of hydrogen-bond donors (Lipinski definition) is 0. The van der Waals surface area contributed by atoms with Crippen molar-refractivity contribution in [1.29, 1.82) is 0 Å². The number of hydrogen-bond acceptors (Lipinski definition) is 3. The van der Waals surface area contributed by atoms with Gasteiger partial charge in [0, 0.05) is 0 Å². The Bertz CT molecular complexity index is 520. The molecule has 1 unspecified atom stereocenters. The monoisotopic (exact) mass is 346 g/mol. The van der Waals surface area contributed by atoms with Crippen molar-refractivity contribution >= 4 is 5.97 Å². The molecule has 0 aromatic heterocycles. The van der Waals surface area contributed by atoms with E-state index >= 15 is 0 Å². The highest BCUT2D eigenvalue weighted by Crippen LogP contribution is 2.26. The van der Waals surface area contributed by atoms with Crippen LogP contribution in [0.15, 0.2) is 24.3 Å². The molecule has 25 heavy (non-hydrogen) atoms. The second-order valence-corrected chi connectivity index (χ2v) is 7.55. The van der Waals surface area contributed by atoms with Gasteiger partial charge in [0.25, 0.3) is 0 Å². The molecular weight excluding hydrogens is 312 g/mol. The predicted octanol–water partition coefficient (Wildman–Crippen LogP) is 5.71. The highest BCUT2D eigenvalue weighted by molar-refractivity contribution is 5.91. The molecule has 140 valence electrons. The molecule has 3 heteroatoms. The average molecular weight is 347 g/mol. The van der Waals surface area contributed by atoms with Crippen molar-refractivity contribution in [2.75, 3.05) is 13.2 Å². The van der Waals surface area contributed by atoms with E-state index in [1.165, 1.54) is 51.4 Å². The molecule has 0 N–H and O–H groups in total. The van der Waals surface area contributed by atoms with Crippen molar-refractivity contribution in [3.8, 4) is 0 Å². The van der Waals surface area contributed by atoms with Gasteiger partial charge in [-0.2, -0.15) is 0 Å². The molecule has 3 nitrogen and oxygen atoms in total. The Morgan fingerprint density at radius 2 is 1.64 bits per heavy atom. The van der Waals surface area contributed by atoms with Gasteiger partial charge in [0.15, 0.2) is 0 Å². The van der Waals surface area contributed by atoms with Gasteiger partial charge >= 0.3 is 5.97 Å². The number of rotatable bonds is 13. The summed E-state index contributed by atoms with van der Waals surface area (Å²) in [5.74, 6) is -0.219. The van der Waals surface area contributed by atoms with Crippen LogP contribution in [0.5, 0.6) is 0 Å². The third-order valence-corrected chi connectivity index (χ3v) is 4.93. The normalized spacial score (nSPS) is 19.0. The van der Waals surface area contributed by atoms with E-state index in [1.54, 1.807) is 0 Å². The highest BCUT2D eigenvalue weighted by atomic mass is 16.6. The summed E-state index contributed by atoms with van der Waals surface area (Å²) in [6, 6.07) is 7.84. The molecule has 0 amide bonds. The number of epoxide rings is 1. The van der Waals surface area contributed by atoms with Gasteiger partial charge < -0.3 is 9.47 Å². The van der Waals surface area contributed by atoms with Gasteiger partial charge in [-0.15, -0.1) is 0 Å². The van der Waals surface area contributed by atoms with Crippen LogP contribution in [0.1, 0.15) is 87.6 Å². The third-order valence-electron chi connectivity index (χ3n) is 4.93. The molecule has 1 aliphatic heterocycles. The van der Waals surface area contributed by atoms with Crippen LogP contribution < -0.4 is 0 Å². The van der Waals surface area contributed by atoms with E-state index in [0.29, 0.717) is 18.8 Å². The fourth-order valence-corrected chi connectivity index (χ4v) is 3.07. The van der Waals surface area contributed by atoms with Crippen LogP contribution in [0.25, 0.3) is 0 Å². The number of aryl methyl sites for hydroxylation is 1. The lowest BCUT2D eigenvalue weighted by atomic mass is 10.00. The molecule has 2 rings (SSSR count). The molecular formula is C22H34O3. The Morgan fingerprint density at radius 1 is 1.04 bits per heavy atom. The summed E-state index contributed by atoms with van der Waals surface area (Å²) in [5.41, 5.74) is 1.57. The fourth-order valence-electron chi connectivity index (χ4n) is 3.07. The number of carbonyl (C=O) groups excluding carboxylic acids is 1. The van der Waals surface area contributed by atoms with E-state index < -0.39 is 0 Å². The van der Waals surface area contributed by atoms with Crippen LogP contribution in [0.2, 0.25) is 0 Å². The number of ether oxygens (including phenoxy) is 2. The second-order valence-electron chi connectivity index (χ2n) is 7.55. The number of unbranched alkanes of at least 4 members (excludes halogenated alkanes) is 8. The van der Waals surface area contributed by atoms with Crippen molar-refractivity contribution in [3.63, 3.8) is 0 Å². The minimum Gasteiger partial charge on any atom is -0.459 e. The molecule has 1 fully saturated rings. The van der Waals surface area contributed by atoms with Gasteiger partial charge in [-0.05, 0) is 31.4 Å². The lowest BCUT2D eigenvalue weighted by molar-refractivity contribution is 0.0409. The first kappa shape index (κ1) is 20.0. The zero-order chi connectivity index (χ0) is 18.0. The summed E-state index contributed by atoms with van der Waals surface area (Å²) < 4.78 is 10.7. The SMILES string of the molecule is CCCCCCCCCCCc1ccccc1C(=O)OCC1(C)CO1. The highest BCUT2D eigenvalue weighted by Gasteiger charge is 2.40. The third kappa shape index (κ3) is 7.60. The Kier molecular flexibility index (Phi) is 8.47. The largest absolute Gasteiger partial charge is 0.459 e. The quantitative estimate of drug-likeness (QED) is 0.261. The van der Waals surface area contributed by atoms with E-state index in [4.69, 9.17) is 9.47 Å². The number of carbonyl (C=O) groups is 1. The molecule has 1 aromatic rings. The number of benzene rings is 1. The molecule has 1 aliphatic rings. The molecule has 1 saturated heterocycles. The lowest BCUT2D eigenvalue weighted by Gasteiger charge is -2.11. The summed E-state index contributed by atoms with van der Waals surface area (Å²) in [4.78, 5) is 12.3. The first-order valence-electron chi connectivity index (χ1n) is 10.0. The Hall–Kier alpha value is -1.35. The maximum atomic E-state index is 12.3. The summed E-state index contributed by atoms with van der Waals surface area (Å²) in [7, 11) is 0. The first-order chi connectivity index (χ1) is 12.1. The van der Waals surface area contributed by atoms with Crippen LogP contribution in [0.4, 0.5) is 0 Å². The van der Waals surface area contributed by atoms with Crippen LogP contribution in [-0.4, -0.2) is 24.8 Å². The maximum absolute atomic E-state index is 12.3. The topological polar surface area (TPSA) is 38.8 Å². The minimum absolute atomic E-state index is 0.219. The maximum Gasteiger partial charge on any atom is 0.338 e. The predicted molar refractivity (Wildman–Crippen MR) is 102 cm³/mol. The van der Waals surface area contributed by atoms with E-state index in [9.17, 15) is 4.79 Å². The van der Waals surface area contributed by atoms with E-state index in [-0.39, 0.29) is 11.6 Å². The smallest absolute Gasteiger partial charge is 0.338 e. The van der Waals surface area contributed by atoms with E-state index in [1.807, 2.05) is 25.1 Å². The van der Waals surface area contributed by atoms with Gasteiger partial charge in [0.05, 0.1) is 12.2 Å². The zero-order valence-corrected chi connectivity index (χ0v) is 16.0. The molecule has 1 heterocycles. The van der Waals surface area contributed by atoms with Crippen LogP contribution >= 0.6 is 0 Å². The van der Waals surface area contributed by atoms with Crippen molar-refractivity contribution in [2.24, 2.45) is 0 Å².